The van der Waals surface area contributed by atoms with Gasteiger partial charge in [-0.05, 0) is 5.16 Å². The third kappa shape index (κ3) is 36.5. The van der Waals surface area contributed by atoms with E-state index in [0.29, 0.717) is 5.16 Å². The van der Waals surface area contributed by atoms with Gasteiger partial charge in [0, 0.05) is 0 Å². The zero-order valence-corrected chi connectivity index (χ0v) is 9.36. The molecule has 2 heteroatoms. The molecule has 0 aliphatic carbocycles. The van der Waals surface area contributed by atoms with Crippen molar-refractivity contribution in [2.45, 2.75) is 25.9 Å². The average Bonchev–Trinajstić information content (AvgIpc) is 0.722. The molecule has 0 rings (SSSR count). The molecule has 34 valence electrons. The van der Waals surface area contributed by atoms with Crippen LogP contribution in [0.2, 0.25) is 0 Å². The van der Waals surface area contributed by atoms with E-state index in [1.165, 1.54) is 0 Å². The first kappa shape index (κ1) is 10.9. The van der Waals surface area contributed by atoms with Crippen molar-refractivity contribution in [1.82, 2.24) is 0 Å². The van der Waals surface area contributed by atoms with Gasteiger partial charge in [-0.15, -0.1) is 9.24 Å². The molecule has 0 aliphatic rings. The quantitative estimate of drug-likeness (QED) is 0.285. The monoisotopic (exact) mass is 130 g/mol. The van der Waals surface area contributed by atoms with Crippen LogP contribution in [0.15, 0.2) is 0 Å². The first-order valence-electron chi connectivity index (χ1n) is 1.79. The molecule has 0 amide bonds. The van der Waals surface area contributed by atoms with Crippen LogP contribution in [-0.4, -0.2) is 5.16 Å². The molecule has 0 saturated carbocycles. The molecule has 1 atom stereocenters. The van der Waals surface area contributed by atoms with E-state index in [1.54, 1.807) is 0 Å². The fourth-order valence-electron chi connectivity index (χ4n) is 0. The van der Waals surface area contributed by atoms with Gasteiger partial charge in [-0.2, -0.15) is 0 Å². The molecule has 6 heavy (non-hydrogen) atoms. The van der Waals surface area contributed by atoms with Crippen LogP contribution in [0.5, 0.6) is 0 Å². The molecule has 0 N–H and O–H groups in total. The molecule has 0 spiro atoms. The largest absolute Gasteiger partial charge is 1.00 e. The summed E-state index contributed by atoms with van der Waals surface area (Å²) < 4.78 is 0. The van der Waals surface area contributed by atoms with Gasteiger partial charge in [-0.25, -0.2) is 0 Å². The number of rotatable bonds is 0. The van der Waals surface area contributed by atoms with Crippen LogP contribution in [0.4, 0.5) is 0 Å². The summed E-state index contributed by atoms with van der Waals surface area (Å²) in [5, 5.41) is 0.417. The molecule has 0 nitrogen and oxygen atoms in total. The third-order valence-corrected chi connectivity index (χ3v) is 0. The molecule has 0 bridgehead atoms. The van der Waals surface area contributed by atoms with Gasteiger partial charge in [0.15, 0.2) is 0 Å². The van der Waals surface area contributed by atoms with Crippen LogP contribution in [0.3, 0.4) is 0 Å². The number of hydrogen-bond donors (Lipinski definition) is 0. The third-order valence-electron chi connectivity index (χ3n) is 0. The molecule has 0 aromatic carbocycles. The molecule has 0 fully saturated rings. The normalized spacial score (nSPS) is 10.0. The van der Waals surface area contributed by atoms with Crippen molar-refractivity contribution in [3.05, 3.63) is 0 Å². The zero-order valence-electron chi connectivity index (χ0n) is 6.08. The van der Waals surface area contributed by atoms with Crippen LogP contribution < -0.4 is 51.4 Å². The molecular weight excluding hydrogens is 118 g/mol. The topological polar surface area (TPSA) is 0 Å². The molecule has 0 aliphatic heterocycles. The van der Waals surface area contributed by atoms with Crippen molar-refractivity contribution >= 4 is 9.24 Å². The fourth-order valence-corrected chi connectivity index (χ4v) is 0. The molecule has 1 unspecified atom stereocenters. The Hall–Kier alpha value is 2.07. The van der Waals surface area contributed by atoms with Gasteiger partial charge in [0.05, 0.1) is 0 Å². The standard InChI is InChI=1S/C4H11P.K.H/c1-4(2,3)5;;/h5H2,1-3H3;;/q;+1;-1. The van der Waals surface area contributed by atoms with Crippen molar-refractivity contribution in [3.63, 3.8) is 0 Å². The van der Waals surface area contributed by atoms with E-state index in [2.05, 4.69) is 30.0 Å². The Bertz CT molecular complexity index is 27.2. The molecule has 0 saturated heterocycles. The van der Waals surface area contributed by atoms with E-state index in [-0.39, 0.29) is 52.8 Å². The summed E-state index contributed by atoms with van der Waals surface area (Å²) in [6.45, 7) is 6.45. The second-order valence-corrected chi connectivity index (χ2v) is 4.10. The SMILES string of the molecule is CC(C)(C)P.[H-].[K+]. The van der Waals surface area contributed by atoms with Gasteiger partial charge < -0.3 is 1.43 Å². The van der Waals surface area contributed by atoms with Gasteiger partial charge in [0.2, 0.25) is 0 Å². The Morgan fingerprint density at radius 3 is 1.33 bits per heavy atom. The van der Waals surface area contributed by atoms with Crippen molar-refractivity contribution in [2.75, 3.05) is 0 Å². The first-order valence-corrected chi connectivity index (χ1v) is 2.37. The maximum Gasteiger partial charge on any atom is 1.00 e. The maximum atomic E-state index is 2.72. The fraction of sp³-hybridized carbons (Fsp3) is 1.00. The molecule has 0 aromatic heterocycles. The van der Waals surface area contributed by atoms with Gasteiger partial charge in [-0.3, -0.25) is 0 Å². The maximum absolute atomic E-state index is 2.72. The van der Waals surface area contributed by atoms with Crippen LogP contribution in [0.1, 0.15) is 22.2 Å². The Kier molecular flexibility index (Phi) is 7.29. The molecule has 0 radical (unpaired) electrons. The van der Waals surface area contributed by atoms with Crippen molar-refractivity contribution in [3.8, 4) is 0 Å². The second-order valence-electron chi connectivity index (χ2n) is 2.37. The molecular formula is C4H12KP. The van der Waals surface area contributed by atoms with Crippen molar-refractivity contribution in [1.29, 1.82) is 0 Å². The minimum atomic E-state index is 0. The predicted molar refractivity (Wildman–Crippen MR) is 30.6 cm³/mol. The smallest absolute Gasteiger partial charge is 1.00 e. The van der Waals surface area contributed by atoms with E-state index in [1.807, 2.05) is 0 Å². The summed E-state index contributed by atoms with van der Waals surface area (Å²) in [4.78, 5) is 0. The Morgan fingerprint density at radius 1 is 1.33 bits per heavy atom. The molecule has 0 aromatic rings. The Labute approximate surface area is 86.6 Å². The van der Waals surface area contributed by atoms with Gasteiger partial charge in [0.1, 0.15) is 0 Å². The van der Waals surface area contributed by atoms with Crippen molar-refractivity contribution in [2.24, 2.45) is 0 Å². The van der Waals surface area contributed by atoms with Crippen LogP contribution >= 0.6 is 9.24 Å². The van der Waals surface area contributed by atoms with Gasteiger partial charge in [0.25, 0.3) is 0 Å². The van der Waals surface area contributed by atoms with E-state index in [4.69, 9.17) is 0 Å². The van der Waals surface area contributed by atoms with Crippen LogP contribution in [0.25, 0.3) is 0 Å². The van der Waals surface area contributed by atoms with E-state index in [9.17, 15) is 0 Å². The Balaban J connectivity index is -0.0000000800. The second kappa shape index (κ2) is 4.00. The average molecular weight is 130 g/mol. The predicted octanol–water partition coefficient (Wildman–Crippen LogP) is -1.22. The Morgan fingerprint density at radius 2 is 1.33 bits per heavy atom. The van der Waals surface area contributed by atoms with Gasteiger partial charge >= 0.3 is 51.4 Å². The summed E-state index contributed by atoms with van der Waals surface area (Å²) in [6, 6.07) is 0. The molecule has 0 heterocycles. The zero-order chi connectivity index (χ0) is 4.50. The summed E-state index contributed by atoms with van der Waals surface area (Å²) in [5.41, 5.74) is 0. The summed E-state index contributed by atoms with van der Waals surface area (Å²) in [7, 11) is 2.72. The van der Waals surface area contributed by atoms with E-state index in [0.717, 1.165) is 0 Å². The van der Waals surface area contributed by atoms with Crippen molar-refractivity contribution < 1.29 is 52.8 Å². The summed E-state index contributed by atoms with van der Waals surface area (Å²) in [6.07, 6.45) is 0. The van der Waals surface area contributed by atoms with Crippen LogP contribution in [-0.2, 0) is 0 Å². The summed E-state index contributed by atoms with van der Waals surface area (Å²) >= 11 is 0. The minimum absolute atomic E-state index is 0. The van der Waals surface area contributed by atoms with Crippen LogP contribution in [0, 0.1) is 0 Å². The summed E-state index contributed by atoms with van der Waals surface area (Å²) in [5.74, 6) is 0. The van der Waals surface area contributed by atoms with E-state index >= 15 is 0 Å². The van der Waals surface area contributed by atoms with E-state index < -0.39 is 0 Å². The number of hydrogen-bond acceptors (Lipinski definition) is 0. The minimum Gasteiger partial charge on any atom is -1.00 e. The van der Waals surface area contributed by atoms with Gasteiger partial charge in [-0.1, -0.05) is 20.8 Å². The first-order chi connectivity index (χ1) is 2.00.